The molecule has 1 heterocycles. The number of carbonyl (C=O) groups excluding carboxylic acids is 1. The van der Waals surface area contributed by atoms with Gasteiger partial charge in [-0.25, -0.2) is 0 Å². The van der Waals surface area contributed by atoms with Gasteiger partial charge in [-0.3, -0.25) is 4.79 Å². The van der Waals surface area contributed by atoms with Crippen LogP contribution in [0.4, 0.5) is 0 Å². The van der Waals surface area contributed by atoms with Gasteiger partial charge in [-0.15, -0.1) is 0 Å². The lowest BCUT2D eigenvalue weighted by Gasteiger charge is -2.15. The van der Waals surface area contributed by atoms with E-state index in [1.54, 1.807) is 0 Å². The van der Waals surface area contributed by atoms with Gasteiger partial charge in [0.15, 0.2) is 6.61 Å². The molecule has 1 saturated heterocycles. The van der Waals surface area contributed by atoms with Gasteiger partial charge in [0.1, 0.15) is 5.75 Å². The minimum atomic E-state index is 0.0798. The summed E-state index contributed by atoms with van der Waals surface area (Å²) in [5.74, 6) is 0.815. The van der Waals surface area contributed by atoms with Crippen LogP contribution >= 0.6 is 0 Å². The van der Waals surface area contributed by atoms with Crippen LogP contribution in [-0.2, 0) is 4.79 Å². The van der Waals surface area contributed by atoms with Crippen molar-refractivity contribution >= 4 is 12.0 Å². The maximum Gasteiger partial charge on any atom is 0.260 e. The molecule has 1 amide bonds. The lowest BCUT2D eigenvalue weighted by atomic mass is 10.2. The first kappa shape index (κ1) is 13.7. The molecule has 0 bridgehead atoms. The first-order valence-electron chi connectivity index (χ1n) is 6.76. The maximum atomic E-state index is 11.9. The van der Waals surface area contributed by atoms with Gasteiger partial charge in [0.05, 0.1) is 0 Å². The highest BCUT2D eigenvalue weighted by molar-refractivity contribution is 5.78. The molecular formula is C16H20NO2. The van der Waals surface area contributed by atoms with E-state index < -0.39 is 0 Å². The Hall–Kier alpha value is -1.77. The van der Waals surface area contributed by atoms with Crippen LogP contribution in [0.5, 0.6) is 5.75 Å². The quantitative estimate of drug-likeness (QED) is 0.812. The Labute approximate surface area is 114 Å². The highest BCUT2D eigenvalue weighted by Crippen LogP contribution is 2.15. The number of benzene rings is 1. The van der Waals surface area contributed by atoms with Gasteiger partial charge in [-0.2, -0.15) is 0 Å². The van der Waals surface area contributed by atoms with E-state index in [0.717, 1.165) is 43.7 Å². The van der Waals surface area contributed by atoms with Crippen molar-refractivity contribution in [2.75, 3.05) is 19.7 Å². The predicted octanol–water partition coefficient (Wildman–Crippen LogP) is 2.93. The van der Waals surface area contributed by atoms with Gasteiger partial charge in [0.25, 0.3) is 5.91 Å². The van der Waals surface area contributed by atoms with Crippen molar-refractivity contribution in [3.63, 3.8) is 0 Å². The van der Waals surface area contributed by atoms with E-state index in [0.29, 0.717) is 0 Å². The molecule has 3 nitrogen and oxygen atoms in total. The monoisotopic (exact) mass is 258 g/mol. The third-order valence-electron chi connectivity index (χ3n) is 3.16. The Morgan fingerprint density at radius 1 is 1.37 bits per heavy atom. The molecule has 1 fully saturated rings. The molecule has 0 saturated carbocycles. The Bertz CT molecular complexity index is 448. The number of ether oxygens (including phenoxy) is 1. The minimum absolute atomic E-state index is 0.0798. The molecule has 3 heteroatoms. The molecule has 101 valence electrons. The third-order valence-corrected chi connectivity index (χ3v) is 3.16. The summed E-state index contributed by atoms with van der Waals surface area (Å²) in [5.41, 5.74) is 1.06. The Morgan fingerprint density at radius 3 is 2.89 bits per heavy atom. The number of rotatable bonds is 5. The summed E-state index contributed by atoms with van der Waals surface area (Å²) >= 11 is 0. The van der Waals surface area contributed by atoms with Gasteiger partial charge in [-0.05, 0) is 43.9 Å². The number of allylic oxidation sites excluding steroid dienone is 1. The zero-order valence-corrected chi connectivity index (χ0v) is 11.2. The highest BCUT2D eigenvalue weighted by Gasteiger charge is 2.17. The van der Waals surface area contributed by atoms with Crippen molar-refractivity contribution in [1.29, 1.82) is 0 Å². The first-order valence-corrected chi connectivity index (χ1v) is 6.76. The zero-order valence-electron chi connectivity index (χ0n) is 11.2. The lowest BCUT2D eigenvalue weighted by molar-refractivity contribution is -0.132. The highest BCUT2D eigenvalue weighted by atomic mass is 16.5. The molecule has 1 aromatic carbocycles. The van der Waals surface area contributed by atoms with Crippen LogP contribution in [0, 0.1) is 6.92 Å². The fourth-order valence-electron chi connectivity index (χ4n) is 2.13. The van der Waals surface area contributed by atoms with Crippen molar-refractivity contribution in [3.8, 4) is 5.75 Å². The Kier molecular flexibility index (Phi) is 5.01. The SMILES string of the molecule is [CH2]CC=Cc1cccc(OCC(=O)N2CCCC2)c1. The van der Waals surface area contributed by atoms with Crippen molar-refractivity contribution in [2.24, 2.45) is 0 Å². The Balaban J connectivity index is 1.88. The lowest BCUT2D eigenvalue weighted by Crippen LogP contribution is -2.32. The smallest absolute Gasteiger partial charge is 0.260 e. The van der Waals surface area contributed by atoms with Crippen molar-refractivity contribution in [1.82, 2.24) is 4.90 Å². The topological polar surface area (TPSA) is 29.5 Å². The van der Waals surface area contributed by atoms with Crippen LogP contribution in [0.1, 0.15) is 24.8 Å². The van der Waals surface area contributed by atoms with E-state index >= 15 is 0 Å². The average Bonchev–Trinajstić information content (AvgIpc) is 2.97. The molecule has 2 rings (SSSR count). The second kappa shape index (κ2) is 6.98. The molecule has 0 aromatic heterocycles. The van der Waals surface area contributed by atoms with E-state index in [4.69, 9.17) is 4.74 Å². The molecular weight excluding hydrogens is 238 g/mol. The average molecular weight is 258 g/mol. The summed E-state index contributed by atoms with van der Waals surface area (Å²) < 4.78 is 5.56. The van der Waals surface area contributed by atoms with E-state index in [9.17, 15) is 4.79 Å². The molecule has 19 heavy (non-hydrogen) atoms. The first-order chi connectivity index (χ1) is 9.29. The fourth-order valence-corrected chi connectivity index (χ4v) is 2.13. The number of amides is 1. The standard InChI is InChI=1S/C16H20NO2/c1-2-3-7-14-8-6-9-15(12-14)19-13-16(18)17-10-4-5-11-17/h3,6-9,12H,1-2,4-5,10-11,13H2. The van der Waals surface area contributed by atoms with Crippen molar-refractivity contribution < 1.29 is 9.53 Å². The number of nitrogens with zero attached hydrogens (tertiary/aromatic N) is 1. The van der Waals surface area contributed by atoms with Gasteiger partial charge in [0.2, 0.25) is 0 Å². The Morgan fingerprint density at radius 2 is 2.16 bits per heavy atom. The largest absolute Gasteiger partial charge is 0.484 e. The molecule has 1 radical (unpaired) electrons. The summed E-state index contributed by atoms with van der Waals surface area (Å²) in [6.07, 6.45) is 6.98. The molecule has 1 aliphatic rings. The molecule has 0 spiro atoms. The van der Waals surface area contributed by atoms with Crippen LogP contribution in [-0.4, -0.2) is 30.5 Å². The molecule has 1 aromatic rings. The number of hydrogen-bond donors (Lipinski definition) is 0. The predicted molar refractivity (Wildman–Crippen MR) is 76.8 cm³/mol. The molecule has 1 aliphatic heterocycles. The third kappa shape index (κ3) is 4.12. The van der Waals surface area contributed by atoms with E-state index in [1.807, 2.05) is 41.3 Å². The second-order valence-electron chi connectivity index (χ2n) is 4.64. The maximum absolute atomic E-state index is 11.9. The molecule has 0 unspecified atom stereocenters. The summed E-state index contributed by atoms with van der Waals surface area (Å²) in [4.78, 5) is 13.7. The van der Waals surface area contributed by atoms with Crippen LogP contribution in [0.15, 0.2) is 30.3 Å². The molecule has 0 aliphatic carbocycles. The fraction of sp³-hybridized carbons (Fsp3) is 0.375. The van der Waals surface area contributed by atoms with Crippen LogP contribution < -0.4 is 4.74 Å². The van der Waals surface area contributed by atoms with Crippen molar-refractivity contribution in [3.05, 3.63) is 42.8 Å². The van der Waals surface area contributed by atoms with Crippen molar-refractivity contribution in [2.45, 2.75) is 19.3 Å². The van der Waals surface area contributed by atoms with Gasteiger partial charge in [0, 0.05) is 13.1 Å². The number of hydrogen-bond acceptors (Lipinski definition) is 2. The van der Waals surface area contributed by atoms with Gasteiger partial charge in [-0.1, -0.05) is 24.3 Å². The minimum Gasteiger partial charge on any atom is -0.484 e. The zero-order chi connectivity index (χ0) is 13.5. The van der Waals surface area contributed by atoms with Gasteiger partial charge < -0.3 is 9.64 Å². The van der Waals surface area contributed by atoms with E-state index in [2.05, 4.69) is 6.92 Å². The van der Waals surface area contributed by atoms with E-state index in [1.165, 1.54) is 0 Å². The summed E-state index contributed by atoms with van der Waals surface area (Å²) in [6, 6.07) is 7.74. The van der Waals surface area contributed by atoms with E-state index in [-0.39, 0.29) is 12.5 Å². The van der Waals surface area contributed by atoms with Gasteiger partial charge >= 0.3 is 0 Å². The molecule has 0 N–H and O–H groups in total. The van der Waals surface area contributed by atoms with Crippen LogP contribution in [0.25, 0.3) is 6.08 Å². The van der Waals surface area contributed by atoms with Crippen LogP contribution in [0.3, 0.4) is 0 Å². The summed E-state index contributed by atoms with van der Waals surface area (Å²) in [7, 11) is 0. The number of carbonyl (C=O) groups is 1. The number of likely N-dealkylation sites (tertiary alicyclic amines) is 1. The molecule has 0 atom stereocenters. The van der Waals surface area contributed by atoms with Crippen LogP contribution in [0.2, 0.25) is 0 Å². The normalized spacial score (nSPS) is 15.1. The summed E-state index contributed by atoms with van der Waals surface area (Å²) in [5, 5.41) is 0. The summed E-state index contributed by atoms with van der Waals surface area (Å²) in [6.45, 7) is 5.63. The second-order valence-corrected chi connectivity index (χ2v) is 4.64.